The van der Waals surface area contributed by atoms with Crippen LogP contribution >= 0.6 is 15.9 Å². The number of amides is 2. The largest absolute Gasteiger partial charge is 0.493 e. The number of hydrazone groups is 1. The Morgan fingerprint density at radius 2 is 1.71 bits per heavy atom. The fraction of sp³-hybridized carbons (Fsp3) is 0.250. The van der Waals surface area contributed by atoms with E-state index < -0.39 is 0 Å². The Hall–Kier alpha value is -2.87. The number of hydrogen-bond donors (Lipinski definition) is 2. The Morgan fingerprint density at radius 1 is 1.07 bits per heavy atom. The van der Waals surface area contributed by atoms with E-state index in [2.05, 4.69) is 31.8 Å². The summed E-state index contributed by atoms with van der Waals surface area (Å²) >= 11 is 3.41. The first-order chi connectivity index (χ1) is 13.4. The molecule has 0 bridgehead atoms. The number of hydrogen-bond acceptors (Lipinski definition) is 5. The Bertz CT molecular complexity index is 884. The number of anilines is 1. The van der Waals surface area contributed by atoms with Gasteiger partial charge >= 0.3 is 0 Å². The lowest BCUT2D eigenvalue weighted by molar-refractivity contribution is -0.124. The number of aryl methyl sites for hydroxylation is 1. The zero-order valence-corrected chi connectivity index (χ0v) is 17.5. The molecule has 7 nitrogen and oxygen atoms in total. The molecule has 2 N–H and O–H groups in total. The van der Waals surface area contributed by atoms with Crippen LogP contribution in [-0.4, -0.2) is 32.2 Å². The predicted molar refractivity (Wildman–Crippen MR) is 112 cm³/mol. The molecule has 0 atom stereocenters. The van der Waals surface area contributed by atoms with E-state index in [1.165, 1.54) is 13.3 Å². The van der Waals surface area contributed by atoms with Gasteiger partial charge in [-0.1, -0.05) is 18.2 Å². The lowest BCUT2D eigenvalue weighted by atomic mass is 10.2. The molecule has 8 heteroatoms. The van der Waals surface area contributed by atoms with Crippen LogP contribution in [0.3, 0.4) is 0 Å². The molecular formula is C20H22BrN3O4. The number of carbonyl (C=O) groups excluding carboxylic acids is 2. The Kier molecular flexibility index (Phi) is 8.01. The molecule has 0 unspecified atom stereocenters. The lowest BCUT2D eigenvalue weighted by Gasteiger charge is -2.09. The highest BCUT2D eigenvalue weighted by molar-refractivity contribution is 9.10. The zero-order valence-electron chi connectivity index (χ0n) is 15.9. The van der Waals surface area contributed by atoms with Gasteiger partial charge in [-0.05, 0) is 46.6 Å². The van der Waals surface area contributed by atoms with E-state index in [4.69, 9.17) is 9.47 Å². The average Bonchev–Trinajstić information content (AvgIpc) is 2.69. The Labute approximate surface area is 172 Å². The number of nitrogens with one attached hydrogen (secondary N) is 2. The van der Waals surface area contributed by atoms with Crippen molar-refractivity contribution in [3.05, 3.63) is 52.0 Å². The van der Waals surface area contributed by atoms with Crippen LogP contribution in [0.5, 0.6) is 11.5 Å². The van der Waals surface area contributed by atoms with Crippen molar-refractivity contribution in [1.29, 1.82) is 0 Å². The number of carbonyl (C=O) groups is 2. The maximum Gasteiger partial charge on any atom is 0.240 e. The van der Waals surface area contributed by atoms with E-state index in [1.54, 1.807) is 19.2 Å². The number of nitrogens with zero attached hydrogens (tertiary/aromatic N) is 1. The normalized spacial score (nSPS) is 10.6. The highest BCUT2D eigenvalue weighted by Crippen LogP contribution is 2.32. The number of para-hydroxylation sites is 1. The molecule has 0 saturated carbocycles. The molecule has 2 amide bonds. The van der Waals surface area contributed by atoms with E-state index in [1.807, 2.05) is 31.2 Å². The highest BCUT2D eigenvalue weighted by Gasteiger charge is 2.09. The second kappa shape index (κ2) is 10.5. The monoisotopic (exact) mass is 447 g/mol. The van der Waals surface area contributed by atoms with E-state index in [-0.39, 0.29) is 24.7 Å². The zero-order chi connectivity index (χ0) is 20.5. The Morgan fingerprint density at radius 3 is 2.39 bits per heavy atom. The number of methoxy groups -OCH3 is 2. The second-order valence-electron chi connectivity index (χ2n) is 5.88. The molecule has 0 aliphatic carbocycles. The first-order valence-electron chi connectivity index (χ1n) is 8.53. The standard InChI is InChI=1S/C20H22BrN3O4/c1-13-6-4-5-7-16(13)23-19(25)8-9-20(26)24-22-12-14-10-17(27-2)18(28-3)11-15(14)21/h4-7,10-12H,8-9H2,1-3H3,(H,23,25)(H,24,26). The molecule has 0 fully saturated rings. The van der Waals surface area contributed by atoms with Crippen molar-refractivity contribution in [1.82, 2.24) is 5.43 Å². The molecule has 0 saturated heterocycles. The van der Waals surface area contributed by atoms with Crippen LogP contribution in [0.2, 0.25) is 0 Å². The summed E-state index contributed by atoms with van der Waals surface area (Å²) in [6.45, 7) is 1.91. The van der Waals surface area contributed by atoms with E-state index in [0.717, 1.165) is 15.7 Å². The van der Waals surface area contributed by atoms with Crippen LogP contribution in [-0.2, 0) is 9.59 Å². The van der Waals surface area contributed by atoms with Crippen molar-refractivity contribution in [3.63, 3.8) is 0 Å². The fourth-order valence-corrected chi connectivity index (χ4v) is 2.78. The van der Waals surface area contributed by atoms with Crippen molar-refractivity contribution in [2.75, 3.05) is 19.5 Å². The van der Waals surface area contributed by atoms with Crippen LogP contribution in [0.4, 0.5) is 5.69 Å². The maximum atomic E-state index is 12.0. The summed E-state index contributed by atoms with van der Waals surface area (Å²) in [5, 5.41) is 6.72. The second-order valence-corrected chi connectivity index (χ2v) is 6.74. The van der Waals surface area contributed by atoms with Crippen molar-refractivity contribution in [2.24, 2.45) is 5.10 Å². The minimum Gasteiger partial charge on any atom is -0.493 e. The molecule has 148 valence electrons. The minimum atomic E-state index is -0.354. The molecule has 0 aliphatic heterocycles. The van der Waals surface area contributed by atoms with Crippen LogP contribution in [0, 0.1) is 6.92 Å². The summed E-state index contributed by atoms with van der Waals surface area (Å²) < 4.78 is 11.2. The van der Waals surface area contributed by atoms with Crippen LogP contribution < -0.4 is 20.2 Å². The SMILES string of the molecule is COc1cc(Br)c(C=NNC(=O)CCC(=O)Nc2ccccc2C)cc1OC. The molecule has 2 aromatic carbocycles. The van der Waals surface area contributed by atoms with Crippen LogP contribution in [0.1, 0.15) is 24.0 Å². The first kappa shape index (κ1) is 21.4. The topological polar surface area (TPSA) is 89.0 Å². The highest BCUT2D eigenvalue weighted by atomic mass is 79.9. The van der Waals surface area contributed by atoms with Gasteiger partial charge in [0.2, 0.25) is 11.8 Å². The first-order valence-corrected chi connectivity index (χ1v) is 9.32. The number of halogens is 1. The van der Waals surface area contributed by atoms with Gasteiger partial charge in [-0.15, -0.1) is 0 Å². The van der Waals surface area contributed by atoms with Gasteiger partial charge in [-0.3, -0.25) is 9.59 Å². The molecular weight excluding hydrogens is 426 g/mol. The number of rotatable bonds is 8. The molecule has 0 radical (unpaired) electrons. The third-order valence-electron chi connectivity index (χ3n) is 3.89. The fourth-order valence-electron chi connectivity index (χ4n) is 2.35. The summed E-state index contributed by atoms with van der Waals surface area (Å²) in [5.74, 6) is 0.547. The van der Waals surface area contributed by atoms with Gasteiger partial charge in [0.05, 0.1) is 20.4 Å². The maximum absolute atomic E-state index is 12.0. The summed E-state index contributed by atoms with van der Waals surface area (Å²) in [6.07, 6.45) is 1.58. The number of ether oxygens (including phenoxy) is 2. The van der Waals surface area contributed by atoms with Gasteiger partial charge in [0, 0.05) is 28.6 Å². The van der Waals surface area contributed by atoms with Crippen molar-refractivity contribution < 1.29 is 19.1 Å². The smallest absolute Gasteiger partial charge is 0.240 e. The lowest BCUT2D eigenvalue weighted by Crippen LogP contribution is -2.20. The summed E-state index contributed by atoms with van der Waals surface area (Å²) in [7, 11) is 3.09. The minimum absolute atomic E-state index is 0.0299. The van der Waals surface area contributed by atoms with E-state index in [9.17, 15) is 9.59 Å². The van der Waals surface area contributed by atoms with Gasteiger partial charge < -0.3 is 14.8 Å². The van der Waals surface area contributed by atoms with Crippen LogP contribution in [0.15, 0.2) is 46.0 Å². The molecule has 0 aromatic heterocycles. The molecule has 0 heterocycles. The van der Waals surface area contributed by atoms with E-state index >= 15 is 0 Å². The predicted octanol–water partition coefficient (Wildman–Crippen LogP) is 3.64. The summed E-state index contributed by atoms with van der Waals surface area (Å²) in [6, 6.07) is 10.9. The van der Waals surface area contributed by atoms with Gasteiger partial charge in [-0.2, -0.15) is 5.10 Å². The van der Waals surface area contributed by atoms with Crippen molar-refractivity contribution in [2.45, 2.75) is 19.8 Å². The molecule has 0 aliphatic rings. The van der Waals surface area contributed by atoms with Crippen molar-refractivity contribution in [3.8, 4) is 11.5 Å². The molecule has 2 rings (SSSR count). The summed E-state index contributed by atoms with van der Waals surface area (Å²) in [4.78, 5) is 23.9. The summed E-state index contributed by atoms with van der Waals surface area (Å²) in [5.41, 5.74) is 4.82. The van der Waals surface area contributed by atoms with Gasteiger partial charge in [0.15, 0.2) is 11.5 Å². The van der Waals surface area contributed by atoms with Gasteiger partial charge in [-0.25, -0.2) is 5.43 Å². The van der Waals surface area contributed by atoms with Gasteiger partial charge in [0.1, 0.15) is 0 Å². The number of benzene rings is 2. The third-order valence-corrected chi connectivity index (χ3v) is 4.58. The third kappa shape index (κ3) is 6.09. The van der Waals surface area contributed by atoms with Crippen molar-refractivity contribution >= 4 is 39.6 Å². The Balaban J connectivity index is 1.85. The molecule has 0 spiro atoms. The van der Waals surface area contributed by atoms with Gasteiger partial charge in [0.25, 0.3) is 0 Å². The van der Waals surface area contributed by atoms with E-state index in [0.29, 0.717) is 17.1 Å². The average molecular weight is 448 g/mol. The quantitative estimate of drug-likeness (QED) is 0.477. The molecule has 28 heavy (non-hydrogen) atoms. The van der Waals surface area contributed by atoms with Crippen LogP contribution in [0.25, 0.3) is 0 Å². The molecule has 2 aromatic rings.